The maximum Gasteiger partial charge on any atom is 0.0947 e. The average molecular weight is 135 g/mol. The van der Waals surface area contributed by atoms with Gasteiger partial charge in [-0.15, -0.1) is 0 Å². The molecule has 0 spiro atoms. The van der Waals surface area contributed by atoms with Crippen molar-refractivity contribution in [3.8, 4) is 0 Å². The van der Waals surface area contributed by atoms with Gasteiger partial charge in [-0.3, -0.25) is 8.70 Å². The molecule has 48 valence electrons. The van der Waals surface area contributed by atoms with Crippen molar-refractivity contribution in [2.45, 2.75) is 0 Å². The Kier molecular flexibility index (Phi) is 2.14. The molecule has 0 radical (unpaired) electrons. The summed E-state index contributed by atoms with van der Waals surface area (Å²) in [4.78, 5) is 0. The Morgan fingerprint density at radius 2 is 2.38 bits per heavy atom. The number of hydrogen-bond donors (Lipinski definition) is 0. The molecule has 1 saturated heterocycles. The summed E-state index contributed by atoms with van der Waals surface area (Å²) in [5, 5.41) is 0. The van der Waals surface area contributed by atoms with Crippen molar-refractivity contribution in [1.82, 2.24) is 4.31 Å². The van der Waals surface area contributed by atoms with Crippen LogP contribution in [0.2, 0.25) is 0 Å². The summed E-state index contributed by atoms with van der Waals surface area (Å²) in [5.74, 6) is 0.336. The smallest absolute Gasteiger partial charge is 0.0947 e. The van der Waals surface area contributed by atoms with Gasteiger partial charge in [0.25, 0.3) is 0 Å². The van der Waals surface area contributed by atoms with Crippen LogP contribution >= 0.6 is 11.9 Å². The third-order valence-electron chi connectivity index (χ3n) is 1.40. The number of halogens is 1. The molecule has 0 aromatic rings. The summed E-state index contributed by atoms with van der Waals surface area (Å²) in [6.07, 6.45) is 2.02. The van der Waals surface area contributed by atoms with Gasteiger partial charge < -0.3 is 0 Å². The summed E-state index contributed by atoms with van der Waals surface area (Å²) in [6.45, 7) is 1.74. The Balaban J connectivity index is 2.03. The van der Waals surface area contributed by atoms with Gasteiger partial charge in [0, 0.05) is 19.0 Å². The number of nitrogens with zero attached hydrogens (tertiary/aromatic N) is 1. The van der Waals surface area contributed by atoms with E-state index < -0.39 is 0 Å². The van der Waals surface area contributed by atoms with Crippen LogP contribution in [0.3, 0.4) is 0 Å². The maximum atomic E-state index is 11.7. The monoisotopic (exact) mass is 135 g/mol. The molecule has 0 amide bonds. The Morgan fingerprint density at radius 3 is 2.75 bits per heavy atom. The molecule has 0 bridgehead atoms. The lowest BCUT2D eigenvalue weighted by Gasteiger charge is -2.35. The second kappa shape index (κ2) is 2.69. The Bertz CT molecular complexity index is 64.8. The number of alkyl halides is 1. The molecule has 1 nitrogen and oxygen atoms in total. The van der Waals surface area contributed by atoms with Gasteiger partial charge in [0.1, 0.15) is 0 Å². The van der Waals surface area contributed by atoms with Crippen LogP contribution in [-0.4, -0.2) is 30.3 Å². The molecular formula is C5H10FNS. The first kappa shape index (κ1) is 6.36. The second-order valence-corrected chi connectivity index (χ2v) is 2.93. The summed E-state index contributed by atoms with van der Waals surface area (Å²) in [5.41, 5.74) is 0. The highest BCUT2D eigenvalue weighted by atomic mass is 32.2. The molecule has 0 N–H and O–H groups in total. The van der Waals surface area contributed by atoms with E-state index in [1.165, 1.54) is 0 Å². The van der Waals surface area contributed by atoms with Crippen molar-refractivity contribution in [2.75, 3.05) is 26.0 Å². The molecule has 0 atom stereocenters. The van der Waals surface area contributed by atoms with Crippen LogP contribution in [0, 0.1) is 5.92 Å². The van der Waals surface area contributed by atoms with E-state index in [4.69, 9.17) is 0 Å². The van der Waals surface area contributed by atoms with Crippen LogP contribution in [0.4, 0.5) is 4.39 Å². The summed E-state index contributed by atoms with van der Waals surface area (Å²) >= 11 is 1.70. The highest BCUT2D eigenvalue weighted by Crippen LogP contribution is 2.21. The first-order valence-electron chi connectivity index (χ1n) is 2.72. The van der Waals surface area contributed by atoms with Crippen molar-refractivity contribution >= 4 is 11.9 Å². The lowest BCUT2D eigenvalue weighted by Crippen LogP contribution is -2.42. The van der Waals surface area contributed by atoms with Gasteiger partial charge in [-0.2, -0.15) is 0 Å². The zero-order valence-electron chi connectivity index (χ0n) is 4.93. The third-order valence-corrected chi connectivity index (χ3v) is 2.21. The minimum Gasteiger partial charge on any atom is -0.251 e. The molecule has 0 aromatic heterocycles. The normalized spacial score (nSPS) is 23.2. The molecule has 1 fully saturated rings. The van der Waals surface area contributed by atoms with Gasteiger partial charge in [-0.1, -0.05) is 11.9 Å². The van der Waals surface area contributed by atoms with E-state index in [1.807, 2.05) is 6.26 Å². The van der Waals surface area contributed by atoms with Crippen molar-refractivity contribution in [1.29, 1.82) is 0 Å². The fourth-order valence-electron chi connectivity index (χ4n) is 0.769. The molecule has 1 aliphatic heterocycles. The molecule has 0 unspecified atom stereocenters. The molecular weight excluding hydrogens is 125 g/mol. The van der Waals surface area contributed by atoms with E-state index in [-0.39, 0.29) is 6.67 Å². The maximum absolute atomic E-state index is 11.7. The van der Waals surface area contributed by atoms with E-state index in [1.54, 1.807) is 11.9 Å². The first-order valence-corrected chi connectivity index (χ1v) is 3.90. The largest absolute Gasteiger partial charge is 0.251 e. The van der Waals surface area contributed by atoms with E-state index in [9.17, 15) is 4.39 Å². The Labute approximate surface area is 53.4 Å². The van der Waals surface area contributed by atoms with E-state index in [2.05, 4.69) is 4.31 Å². The van der Waals surface area contributed by atoms with Crippen LogP contribution in [-0.2, 0) is 0 Å². The van der Waals surface area contributed by atoms with Gasteiger partial charge in [0.2, 0.25) is 0 Å². The van der Waals surface area contributed by atoms with Crippen molar-refractivity contribution < 1.29 is 4.39 Å². The van der Waals surface area contributed by atoms with Crippen molar-refractivity contribution in [3.63, 3.8) is 0 Å². The first-order chi connectivity index (χ1) is 3.86. The SMILES string of the molecule is CSN1CC(CF)C1. The zero-order valence-corrected chi connectivity index (χ0v) is 5.75. The third kappa shape index (κ3) is 1.14. The molecule has 0 aromatic carbocycles. The van der Waals surface area contributed by atoms with Crippen LogP contribution in [0.15, 0.2) is 0 Å². The zero-order chi connectivity index (χ0) is 5.98. The number of rotatable bonds is 2. The fourth-order valence-corrected chi connectivity index (χ4v) is 1.49. The number of hydrogen-bond acceptors (Lipinski definition) is 2. The summed E-state index contributed by atoms with van der Waals surface area (Å²) in [6, 6.07) is 0. The second-order valence-electron chi connectivity index (χ2n) is 2.05. The van der Waals surface area contributed by atoms with Gasteiger partial charge in [-0.25, -0.2) is 0 Å². The van der Waals surface area contributed by atoms with E-state index in [0.717, 1.165) is 13.1 Å². The van der Waals surface area contributed by atoms with Gasteiger partial charge in [0.05, 0.1) is 6.67 Å². The molecule has 3 heteroatoms. The predicted octanol–water partition coefficient (Wildman–Crippen LogP) is 1.17. The quantitative estimate of drug-likeness (QED) is 0.523. The molecule has 0 aliphatic carbocycles. The van der Waals surface area contributed by atoms with Gasteiger partial charge >= 0.3 is 0 Å². The van der Waals surface area contributed by atoms with Crippen LogP contribution in [0.5, 0.6) is 0 Å². The standard InChI is InChI=1S/C5H10FNS/c1-8-7-3-5(2-6)4-7/h5H,2-4H2,1H3. The molecule has 1 heterocycles. The predicted molar refractivity (Wildman–Crippen MR) is 34.6 cm³/mol. The molecule has 1 aliphatic rings. The van der Waals surface area contributed by atoms with E-state index >= 15 is 0 Å². The highest BCUT2D eigenvalue weighted by molar-refractivity contribution is 7.96. The summed E-state index contributed by atoms with van der Waals surface area (Å²) < 4.78 is 13.9. The fraction of sp³-hybridized carbons (Fsp3) is 1.00. The molecule has 1 rings (SSSR count). The van der Waals surface area contributed by atoms with Gasteiger partial charge in [-0.05, 0) is 6.26 Å². The minimum atomic E-state index is -0.142. The van der Waals surface area contributed by atoms with Crippen molar-refractivity contribution in [2.24, 2.45) is 5.92 Å². The Hall–Kier alpha value is 0.240. The van der Waals surface area contributed by atoms with Crippen LogP contribution in [0.1, 0.15) is 0 Å². The molecule has 8 heavy (non-hydrogen) atoms. The molecule has 0 saturated carbocycles. The average Bonchev–Trinajstić information content (AvgIpc) is 1.65. The lowest BCUT2D eigenvalue weighted by atomic mass is 10.1. The summed E-state index contributed by atoms with van der Waals surface area (Å²) in [7, 11) is 0. The topological polar surface area (TPSA) is 3.24 Å². The minimum absolute atomic E-state index is 0.142. The highest BCUT2D eigenvalue weighted by Gasteiger charge is 2.25. The van der Waals surface area contributed by atoms with E-state index in [0.29, 0.717) is 5.92 Å². The van der Waals surface area contributed by atoms with Crippen LogP contribution in [0.25, 0.3) is 0 Å². The lowest BCUT2D eigenvalue weighted by molar-refractivity contribution is 0.179. The van der Waals surface area contributed by atoms with Crippen molar-refractivity contribution in [3.05, 3.63) is 0 Å². The Morgan fingerprint density at radius 1 is 1.75 bits per heavy atom. The van der Waals surface area contributed by atoms with Crippen LogP contribution < -0.4 is 0 Å². The van der Waals surface area contributed by atoms with Gasteiger partial charge in [0.15, 0.2) is 0 Å².